The number of carboxylic acid groups (broad SMARTS) is 1. The predicted octanol–water partition coefficient (Wildman–Crippen LogP) is 1.97. The first-order chi connectivity index (χ1) is 10.5. The number of esters is 1. The second-order valence-electron chi connectivity index (χ2n) is 4.74. The van der Waals surface area contributed by atoms with Crippen LogP contribution in [0, 0.1) is 5.41 Å². The van der Waals surface area contributed by atoms with E-state index in [1.165, 1.54) is 0 Å². The van der Waals surface area contributed by atoms with Gasteiger partial charge in [-0.1, -0.05) is 19.1 Å². The van der Waals surface area contributed by atoms with Gasteiger partial charge in [-0.05, 0) is 6.42 Å². The van der Waals surface area contributed by atoms with Gasteiger partial charge < -0.3 is 19.3 Å². The van der Waals surface area contributed by atoms with Gasteiger partial charge in [0.2, 0.25) is 0 Å². The second kappa shape index (κ2) is 11.7. The summed E-state index contributed by atoms with van der Waals surface area (Å²) < 4.78 is 16.1. The van der Waals surface area contributed by atoms with E-state index < -0.39 is 17.4 Å². The fraction of sp³-hybridized carbons (Fsp3) is 0.500. The Morgan fingerprint density at radius 2 is 1.59 bits per heavy atom. The van der Waals surface area contributed by atoms with Gasteiger partial charge in [0.05, 0.1) is 31.8 Å². The molecule has 0 bridgehead atoms. The van der Waals surface area contributed by atoms with Crippen molar-refractivity contribution in [2.24, 2.45) is 5.41 Å². The summed E-state index contributed by atoms with van der Waals surface area (Å²) in [5, 5.41) is 8.47. The number of rotatable bonds is 13. The second-order valence-corrected chi connectivity index (χ2v) is 4.74. The Bertz CT molecular complexity index is 385. The first-order valence-electron chi connectivity index (χ1n) is 6.94. The monoisotopic (exact) mass is 312 g/mol. The Labute approximate surface area is 131 Å². The number of hydrogen-bond donors (Lipinski definition) is 1. The Hall–Kier alpha value is -1.92. The lowest BCUT2D eigenvalue weighted by atomic mass is 9.88. The molecule has 0 aliphatic carbocycles. The minimum atomic E-state index is -1.21. The summed E-state index contributed by atoms with van der Waals surface area (Å²) in [6, 6.07) is 0. The topological polar surface area (TPSA) is 82.1 Å². The molecule has 0 atom stereocenters. The van der Waals surface area contributed by atoms with Gasteiger partial charge in [0.25, 0.3) is 0 Å². The molecule has 0 fully saturated rings. The lowest BCUT2D eigenvalue weighted by molar-refractivity contribution is -0.146. The quantitative estimate of drug-likeness (QED) is 0.242. The molecule has 0 aliphatic rings. The van der Waals surface area contributed by atoms with Gasteiger partial charge in [-0.2, -0.15) is 0 Å². The average Bonchev–Trinajstić information content (AvgIpc) is 2.50. The Morgan fingerprint density at radius 3 is 2.00 bits per heavy atom. The molecule has 0 heterocycles. The third-order valence-electron chi connectivity index (χ3n) is 2.92. The number of hydrogen-bond acceptors (Lipinski definition) is 5. The fourth-order valence-corrected chi connectivity index (χ4v) is 1.56. The van der Waals surface area contributed by atoms with Crippen molar-refractivity contribution in [3.63, 3.8) is 0 Å². The zero-order valence-corrected chi connectivity index (χ0v) is 13.0. The number of aliphatic carboxylic acids is 1. The highest BCUT2D eigenvalue weighted by molar-refractivity contribution is 5.90. The molecule has 1 N–H and O–H groups in total. The van der Waals surface area contributed by atoms with Crippen LogP contribution in [0.3, 0.4) is 0 Å². The Morgan fingerprint density at radius 1 is 1.05 bits per heavy atom. The van der Waals surface area contributed by atoms with E-state index in [-0.39, 0.29) is 6.61 Å². The van der Waals surface area contributed by atoms with Gasteiger partial charge in [0.15, 0.2) is 0 Å². The summed E-state index contributed by atoms with van der Waals surface area (Å²) in [7, 11) is 0. The van der Waals surface area contributed by atoms with Crippen LogP contribution in [0.25, 0.3) is 0 Å². The van der Waals surface area contributed by atoms with Crippen LogP contribution < -0.4 is 0 Å². The maximum Gasteiger partial charge on any atom is 0.331 e. The molecular weight excluding hydrogens is 288 g/mol. The van der Waals surface area contributed by atoms with E-state index in [9.17, 15) is 9.59 Å². The smallest absolute Gasteiger partial charge is 0.331 e. The van der Waals surface area contributed by atoms with Crippen molar-refractivity contribution in [2.45, 2.75) is 13.3 Å². The molecule has 0 saturated heterocycles. The third kappa shape index (κ3) is 9.10. The fourth-order valence-electron chi connectivity index (χ4n) is 1.56. The van der Waals surface area contributed by atoms with E-state index in [1.54, 1.807) is 12.2 Å². The van der Waals surface area contributed by atoms with E-state index in [0.717, 1.165) is 12.2 Å². The molecule has 0 amide bonds. The summed E-state index contributed by atoms with van der Waals surface area (Å²) in [6.45, 7) is 10.6. The standard InChI is InChI=1S/C16H24O6/c1-4-9-20-11-16(6-3,12-21-10-5-2)13-22-15(19)8-7-14(17)18/h4-5,7-8H,1-2,6,9-13H2,3H3,(H,17,18)/b8-7+. The van der Waals surface area contributed by atoms with Crippen LogP contribution in [0.4, 0.5) is 0 Å². The molecule has 0 rings (SSSR count). The van der Waals surface area contributed by atoms with Gasteiger partial charge in [0.1, 0.15) is 6.61 Å². The lowest BCUT2D eigenvalue weighted by Gasteiger charge is -2.31. The van der Waals surface area contributed by atoms with Crippen LogP contribution in [0.15, 0.2) is 37.5 Å². The minimum Gasteiger partial charge on any atom is -0.478 e. The van der Waals surface area contributed by atoms with Crippen LogP contribution in [0.2, 0.25) is 0 Å². The molecule has 0 aromatic carbocycles. The van der Waals surface area contributed by atoms with E-state index in [1.807, 2.05) is 6.92 Å². The van der Waals surface area contributed by atoms with Gasteiger partial charge in [-0.15, -0.1) is 13.2 Å². The molecule has 0 spiro atoms. The summed E-state index contributed by atoms with van der Waals surface area (Å²) in [4.78, 5) is 21.8. The number of ether oxygens (including phenoxy) is 3. The zero-order chi connectivity index (χ0) is 16.8. The highest BCUT2D eigenvalue weighted by Crippen LogP contribution is 2.24. The van der Waals surface area contributed by atoms with Crippen LogP contribution in [0.1, 0.15) is 13.3 Å². The minimum absolute atomic E-state index is 0.0700. The zero-order valence-electron chi connectivity index (χ0n) is 13.0. The van der Waals surface area contributed by atoms with Crippen LogP contribution in [0.5, 0.6) is 0 Å². The number of carbonyl (C=O) groups excluding carboxylic acids is 1. The molecular formula is C16H24O6. The van der Waals surface area contributed by atoms with Crippen molar-refractivity contribution < 1.29 is 28.9 Å². The van der Waals surface area contributed by atoms with E-state index in [0.29, 0.717) is 32.8 Å². The van der Waals surface area contributed by atoms with E-state index in [2.05, 4.69) is 13.2 Å². The van der Waals surface area contributed by atoms with Gasteiger partial charge in [-0.3, -0.25) is 0 Å². The molecule has 0 aromatic rings. The largest absolute Gasteiger partial charge is 0.478 e. The number of carbonyl (C=O) groups is 2. The summed E-state index contributed by atoms with van der Waals surface area (Å²) in [5.41, 5.74) is -0.501. The first-order valence-corrected chi connectivity index (χ1v) is 6.94. The van der Waals surface area contributed by atoms with Gasteiger partial charge in [-0.25, -0.2) is 9.59 Å². The van der Waals surface area contributed by atoms with Crippen molar-refractivity contribution in [2.75, 3.05) is 33.0 Å². The average molecular weight is 312 g/mol. The highest BCUT2D eigenvalue weighted by Gasteiger charge is 2.31. The molecule has 0 saturated carbocycles. The normalized spacial score (nSPS) is 11.3. The van der Waals surface area contributed by atoms with E-state index in [4.69, 9.17) is 19.3 Å². The molecule has 124 valence electrons. The van der Waals surface area contributed by atoms with Gasteiger partial charge >= 0.3 is 11.9 Å². The first kappa shape index (κ1) is 20.1. The SMILES string of the molecule is C=CCOCC(CC)(COCC=C)COC(=O)/C=C/C(=O)O. The van der Waals surface area contributed by atoms with E-state index >= 15 is 0 Å². The van der Waals surface area contributed by atoms with Crippen LogP contribution >= 0.6 is 0 Å². The van der Waals surface area contributed by atoms with Crippen molar-refractivity contribution in [1.82, 2.24) is 0 Å². The Kier molecular flexibility index (Phi) is 10.7. The Balaban J connectivity index is 4.65. The van der Waals surface area contributed by atoms with Crippen molar-refractivity contribution in [1.29, 1.82) is 0 Å². The highest BCUT2D eigenvalue weighted by atomic mass is 16.5. The molecule has 0 unspecified atom stereocenters. The molecule has 22 heavy (non-hydrogen) atoms. The summed E-state index contributed by atoms with van der Waals surface area (Å²) >= 11 is 0. The molecule has 0 radical (unpaired) electrons. The summed E-state index contributed by atoms with van der Waals surface area (Å²) in [6.07, 6.45) is 5.53. The van der Waals surface area contributed by atoms with Crippen LogP contribution in [-0.4, -0.2) is 50.1 Å². The lowest BCUT2D eigenvalue weighted by Crippen LogP contribution is -2.37. The third-order valence-corrected chi connectivity index (χ3v) is 2.92. The molecule has 6 heteroatoms. The molecule has 0 aliphatic heterocycles. The maximum atomic E-state index is 11.5. The maximum absolute atomic E-state index is 11.5. The van der Waals surface area contributed by atoms with Gasteiger partial charge in [0, 0.05) is 12.2 Å². The molecule has 0 aromatic heterocycles. The van der Waals surface area contributed by atoms with Crippen molar-refractivity contribution in [3.05, 3.63) is 37.5 Å². The number of carboxylic acids is 1. The van der Waals surface area contributed by atoms with Crippen LogP contribution in [-0.2, 0) is 23.8 Å². The van der Waals surface area contributed by atoms with Crippen molar-refractivity contribution >= 4 is 11.9 Å². The van der Waals surface area contributed by atoms with Crippen molar-refractivity contribution in [3.8, 4) is 0 Å². The predicted molar refractivity (Wildman–Crippen MR) is 82.5 cm³/mol. The molecule has 6 nitrogen and oxygen atoms in total. The summed E-state index contributed by atoms with van der Waals surface area (Å²) in [5.74, 6) is -1.92.